The third-order valence-electron chi connectivity index (χ3n) is 2.30. The van der Waals surface area contributed by atoms with Gasteiger partial charge in [0, 0.05) is 10.2 Å². The fourth-order valence-corrected chi connectivity index (χ4v) is 2.89. The Labute approximate surface area is 123 Å². The molecule has 0 bridgehead atoms. The Kier molecular flexibility index (Phi) is 4.95. The summed E-state index contributed by atoms with van der Waals surface area (Å²) in [6.45, 7) is 0.235. The number of hydrogen-bond donors (Lipinski definition) is 2. The van der Waals surface area contributed by atoms with Crippen molar-refractivity contribution in [2.75, 3.05) is 18.5 Å². The first-order valence-corrected chi connectivity index (χ1v) is 7.26. The standard InChI is InChI=1S/C13H12BrNO3S/c14-11-5-8-19-12(11)13(17)15-9-1-3-10(4-2-9)18-7-6-16/h1-5,8,16H,6-7H2,(H,15,17). The molecule has 0 aliphatic rings. The molecule has 0 spiro atoms. The molecule has 2 aromatic rings. The lowest BCUT2D eigenvalue weighted by molar-refractivity contribution is 0.103. The molecule has 0 aliphatic heterocycles. The zero-order valence-corrected chi connectivity index (χ0v) is 12.3. The Bertz CT molecular complexity index is 553. The number of carbonyl (C=O) groups is 1. The number of aliphatic hydroxyl groups is 1. The van der Waals surface area contributed by atoms with Crippen LogP contribution < -0.4 is 10.1 Å². The zero-order chi connectivity index (χ0) is 13.7. The van der Waals surface area contributed by atoms with Gasteiger partial charge in [-0.1, -0.05) is 0 Å². The van der Waals surface area contributed by atoms with E-state index < -0.39 is 0 Å². The second kappa shape index (κ2) is 6.70. The molecule has 100 valence electrons. The van der Waals surface area contributed by atoms with E-state index in [1.165, 1.54) is 11.3 Å². The highest BCUT2D eigenvalue weighted by atomic mass is 79.9. The van der Waals surface area contributed by atoms with Gasteiger partial charge >= 0.3 is 0 Å². The van der Waals surface area contributed by atoms with Gasteiger partial charge in [-0.05, 0) is 51.6 Å². The maximum absolute atomic E-state index is 12.0. The van der Waals surface area contributed by atoms with Gasteiger partial charge in [0.15, 0.2) is 0 Å². The van der Waals surface area contributed by atoms with Crippen molar-refractivity contribution in [3.63, 3.8) is 0 Å². The maximum Gasteiger partial charge on any atom is 0.266 e. The fraction of sp³-hybridized carbons (Fsp3) is 0.154. The third kappa shape index (κ3) is 3.79. The fourth-order valence-electron chi connectivity index (χ4n) is 1.44. The first-order valence-electron chi connectivity index (χ1n) is 5.59. The highest BCUT2D eigenvalue weighted by Crippen LogP contribution is 2.24. The minimum absolute atomic E-state index is 0.0229. The van der Waals surface area contributed by atoms with Crippen LogP contribution >= 0.6 is 27.3 Å². The first-order chi connectivity index (χ1) is 9.20. The molecule has 2 N–H and O–H groups in total. The number of nitrogens with one attached hydrogen (secondary N) is 1. The van der Waals surface area contributed by atoms with Crippen LogP contribution in [0, 0.1) is 0 Å². The molecule has 0 saturated carbocycles. The van der Waals surface area contributed by atoms with Crippen molar-refractivity contribution in [3.05, 3.63) is 45.1 Å². The van der Waals surface area contributed by atoms with Gasteiger partial charge in [0.1, 0.15) is 17.2 Å². The van der Waals surface area contributed by atoms with E-state index in [4.69, 9.17) is 9.84 Å². The molecule has 1 aromatic carbocycles. The second-order valence-electron chi connectivity index (χ2n) is 3.65. The van der Waals surface area contributed by atoms with Crippen molar-refractivity contribution in [1.82, 2.24) is 0 Å². The molecule has 6 heteroatoms. The molecular formula is C13H12BrNO3S. The minimum Gasteiger partial charge on any atom is -0.491 e. The van der Waals surface area contributed by atoms with E-state index in [1.54, 1.807) is 24.3 Å². The zero-order valence-electron chi connectivity index (χ0n) is 9.93. The SMILES string of the molecule is O=C(Nc1ccc(OCCO)cc1)c1sccc1Br. The first kappa shape index (κ1) is 14.0. The summed E-state index contributed by atoms with van der Waals surface area (Å²) >= 11 is 4.71. The quantitative estimate of drug-likeness (QED) is 0.878. The Morgan fingerprint density at radius 2 is 2.05 bits per heavy atom. The number of rotatable bonds is 5. The summed E-state index contributed by atoms with van der Waals surface area (Å²) in [4.78, 5) is 12.6. The number of amides is 1. The van der Waals surface area contributed by atoms with Gasteiger partial charge in [-0.2, -0.15) is 0 Å². The van der Waals surface area contributed by atoms with Crippen molar-refractivity contribution in [1.29, 1.82) is 0 Å². The van der Waals surface area contributed by atoms with E-state index in [1.807, 2.05) is 11.4 Å². The molecule has 1 heterocycles. The van der Waals surface area contributed by atoms with Gasteiger partial charge in [0.2, 0.25) is 0 Å². The largest absolute Gasteiger partial charge is 0.491 e. The van der Waals surface area contributed by atoms with Gasteiger partial charge in [0.05, 0.1) is 6.61 Å². The highest BCUT2D eigenvalue weighted by Gasteiger charge is 2.11. The van der Waals surface area contributed by atoms with E-state index in [2.05, 4.69) is 21.2 Å². The summed E-state index contributed by atoms with van der Waals surface area (Å²) in [7, 11) is 0. The summed E-state index contributed by atoms with van der Waals surface area (Å²) in [5, 5.41) is 13.3. The predicted molar refractivity (Wildman–Crippen MR) is 79.0 cm³/mol. The van der Waals surface area contributed by atoms with Crippen LogP contribution in [0.3, 0.4) is 0 Å². The molecule has 1 aromatic heterocycles. The number of halogens is 1. The van der Waals surface area contributed by atoms with Crippen molar-refractivity contribution < 1.29 is 14.6 Å². The van der Waals surface area contributed by atoms with Crippen LogP contribution in [0.15, 0.2) is 40.2 Å². The molecule has 4 nitrogen and oxygen atoms in total. The van der Waals surface area contributed by atoms with Crippen LogP contribution in [-0.4, -0.2) is 24.2 Å². The van der Waals surface area contributed by atoms with Crippen LogP contribution in [0.5, 0.6) is 5.75 Å². The van der Waals surface area contributed by atoms with Gasteiger partial charge in [-0.25, -0.2) is 0 Å². The summed E-state index contributed by atoms with van der Waals surface area (Å²) in [5.41, 5.74) is 0.696. The maximum atomic E-state index is 12.0. The average molecular weight is 342 g/mol. The third-order valence-corrected chi connectivity index (χ3v) is 4.13. The number of ether oxygens (including phenoxy) is 1. The summed E-state index contributed by atoms with van der Waals surface area (Å²) in [6.07, 6.45) is 0. The Balaban J connectivity index is 2.00. The lowest BCUT2D eigenvalue weighted by Gasteiger charge is -2.07. The molecule has 19 heavy (non-hydrogen) atoms. The number of thiophene rings is 1. The Morgan fingerprint density at radius 1 is 1.32 bits per heavy atom. The summed E-state index contributed by atoms with van der Waals surface area (Å²) in [5.74, 6) is 0.509. The molecule has 0 fully saturated rings. The van der Waals surface area contributed by atoms with Crippen LogP contribution in [0.1, 0.15) is 9.67 Å². The molecule has 0 saturated heterocycles. The monoisotopic (exact) mass is 341 g/mol. The van der Waals surface area contributed by atoms with Crippen molar-refractivity contribution >= 4 is 38.9 Å². The van der Waals surface area contributed by atoms with Crippen molar-refractivity contribution in [3.8, 4) is 5.75 Å². The second-order valence-corrected chi connectivity index (χ2v) is 5.42. The van der Waals surface area contributed by atoms with Crippen molar-refractivity contribution in [2.24, 2.45) is 0 Å². The Hall–Kier alpha value is -1.37. The van der Waals surface area contributed by atoms with Crippen LogP contribution in [0.2, 0.25) is 0 Å². The number of hydrogen-bond acceptors (Lipinski definition) is 4. The smallest absolute Gasteiger partial charge is 0.266 e. The van der Waals surface area contributed by atoms with Gasteiger partial charge < -0.3 is 15.2 Å². The molecule has 2 rings (SSSR count). The van der Waals surface area contributed by atoms with E-state index >= 15 is 0 Å². The lowest BCUT2D eigenvalue weighted by atomic mass is 10.3. The number of benzene rings is 1. The summed E-state index contributed by atoms with van der Waals surface area (Å²) in [6, 6.07) is 8.84. The molecule has 0 aliphatic carbocycles. The highest BCUT2D eigenvalue weighted by molar-refractivity contribution is 9.10. The molecule has 0 radical (unpaired) electrons. The predicted octanol–water partition coefficient (Wildman–Crippen LogP) is 3.13. The van der Waals surface area contributed by atoms with Gasteiger partial charge in [-0.3, -0.25) is 4.79 Å². The van der Waals surface area contributed by atoms with E-state index in [-0.39, 0.29) is 19.1 Å². The minimum atomic E-state index is -0.147. The molecule has 0 unspecified atom stereocenters. The van der Waals surface area contributed by atoms with Gasteiger partial charge in [0.25, 0.3) is 5.91 Å². The summed E-state index contributed by atoms with van der Waals surface area (Å²) < 4.78 is 6.03. The van der Waals surface area contributed by atoms with E-state index in [0.717, 1.165) is 4.47 Å². The molecule has 1 amide bonds. The van der Waals surface area contributed by atoms with E-state index in [0.29, 0.717) is 16.3 Å². The molecule has 0 atom stereocenters. The normalized spacial score (nSPS) is 10.2. The van der Waals surface area contributed by atoms with Crippen LogP contribution in [0.4, 0.5) is 5.69 Å². The van der Waals surface area contributed by atoms with Crippen molar-refractivity contribution in [2.45, 2.75) is 0 Å². The van der Waals surface area contributed by atoms with Gasteiger partial charge in [-0.15, -0.1) is 11.3 Å². The number of aliphatic hydroxyl groups excluding tert-OH is 1. The number of carbonyl (C=O) groups excluding carboxylic acids is 1. The van der Waals surface area contributed by atoms with E-state index in [9.17, 15) is 4.79 Å². The van der Waals surface area contributed by atoms with Crippen LogP contribution in [0.25, 0.3) is 0 Å². The average Bonchev–Trinajstić information content (AvgIpc) is 2.84. The van der Waals surface area contributed by atoms with Crippen LogP contribution in [-0.2, 0) is 0 Å². The number of anilines is 1. The molecular weight excluding hydrogens is 330 g/mol. The topological polar surface area (TPSA) is 58.6 Å². The Morgan fingerprint density at radius 3 is 2.63 bits per heavy atom. The lowest BCUT2D eigenvalue weighted by Crippen LogP contribution is -2.10.